The predicted octanol–water partition coefficient (Wildman–Crippen LogP) is 3.56. The summed E-state index contributed by atoms with van der Waals surface area (Å²) in [6, 6.07) is 17.3. The molecule has 156 valence electrons. The Morgan fingerprint density at radius 3 is 2.30 bits per heavy atom. The number of ether oxygens (including phenoxy) is 2. The summed E-state index contributed by atoms with van der Waals surface area (Å²) in [6.07, 6.45) is 0.267. The van der Waals surface area contributed by atoms with Crippen LogP contribution in [0.1, 0.15) is 24.0 Å². The lowest BCUT2D eigenvalue weighted by Gasteiger charge is -2.20. The second kappa shape index (κ2) is 9.31. The first kappa shape index (κ1) is 21.2. The molecule has 0 spiro atoms. The summed E-state index contributed by atoms with van der Waals surface area (Å²) in [5.74, 6) is -0.328. The molecule has 3 aromatic rings. The Morgan fingerprint density at radius 1 is 0.967 bits per heavy atom. The van der Waals surface area contributed by atoms with Gasteiger partial charge in [0, 0.05) is 6.42 Å². The van der Waals surface area contributed by atoms with Crippen molar-refractivity contribution in [1.29, 1.82) is 0 Å². The highest BCUT2D eigenvalue weighted by Crippen LogP contribution is 2.25. The Hall–Kier alpha value is -3.54. The molecule has 3 aromatic carbocycles. The quantitative estimate of drug-likeness (QED) is 0.585. The largest absolute Gasteiger partial charge is 0.508 e. The number of nitrogens with one attached hydrogen (secondary N) is 1. The molecule has 0 aliphatic rings. The van der Waals surface area contributed by atoms with Crippen LogP contribution in [0, 0.1) is 0 Å². The number of hydrogen-bond acceptors (Lipinski definition) is 5. The molecule has 2 atom stereocenters. The van der Waals surface area contributed by atoms with Crippen molar-refractivity contribution < 1.29 is 24.2 Å². The number of rotatable bonds is 7. The lowest BCUT2D eigenvalue weighted by molar-refractivity contribution is -0.145. The van der Waals surface area contributed by atoms with E-state index in [2.05, 4.69) is 5.32 Å². The topological polar surface area (TPSA) is 84.9 Å². The minimum absolute atomic E-state index is 0.139. The van der Waals surface area contributed by atoms with E-state index in [1.807, 2.05) is 36.4 Å². The number of amides is 1. The monoisotopic (exact) mass is 407 g/mol. The SMILES string of the molecule is COC(=O)[C@H](Cc1ccc(O)cc1)NC(=O)[C@@H](C)c1ccc2cc(OC)ccc2c1. The lowest BCUT2D eigenvalue weighted by Crippen LogP contribution is -2.44. The van der Waals surface area contributed by atoms with Gasteiger partial charge in [-0.25, -0.2) is 4.79 Å². The Kier molecular flexibility index (Phi) is 6.57. The van der Waals surface area contributed by atoms with Crippen LogP contribution in [-0.2, 0) is 20.7 Å². The molecule has 0 saturated carbocycles. The maximum Gasteiger partial charge on any atom is 0.328 e. The maximum absolute atomic E-state index is 12.9. The third-order valence-electron chi connectivity index (χ3n) is 5.14. The summed E-state index contributed by atoms with van der Waals surface area (Å²) in [5.41, 5.74) is 1.65. The molecule has 6 heteroatoms. The Labute approximate surface area is 175 Å². The molecule has 0 aliphatic heterocycles. The average Bonchev–Trinajstić information content (AvgIpc) is 2.78. The number of benzene rings is 3. The van der Waals surface area contributed by atoms with Crippen LogP contribution in [-0.4, -0.2) is 37.2 Å². The number of fused-ring (bicyclic) bond motifs is 1. The smallest absolute Gasteiger partial charge is 0.328 e. The molecule has 0 saturated heterocycles. The van der Waals surface area contributed by atoms with Crippen molar-refractivity contribution in [3.05, 3.63) is 71.8 Å². The second-order valence-corrected chi connectivity index (χ2v) is 7.15. The van der Waals surface area contributed by atoms with Crippen LogP contribution in [0.2, 0.25) is 0 Å². The minimum atomic E-state index is -0.820. The van der Waals surface area contributed by atoms with Crippen LogP contribution in [0.5, 0.6) is 11.5 Å². The number of phenolic OH excluding ortho intramolecular Hbond substituents is 1. The number of esters is 1. The van der Waals surface area contributed by atoms with Gasteiger partial charge in [-0.05, 0) is 53.1 Å². The Bertz CT molecular complexity index is 1050. The second-order valence-electron chi connectivity index (χ2n) is 7.15. The van der Waals surface area contributed by atoms with Crippen LogP contribution in [0.3, 0.4) is 0 Å². The standard InChI is InChI=1S/C24H25NO5/c1-15(17-6-7-19-14-21(29-2)11-8-18(19)13-17)23(27)25-22(24(28)30-3)12-16-4-9-20(26)10-5-16/h4-11,13-15,22,26H,12H2,1-3H3,(H,25,27)/t15-,22-/m0/s1. The first-order chi connectivity index (χ1) is 14.4. The number of carbonyl (C=O) groups excluding carboxylic acids is 2. The summed E-state index contributed by atoms with van der Waals surface area (Å²) in [4.78, 5) is 25.1. The fourth-order valence-electron chi connectivity index (χ4n) is 3.29. The van der Waals surface area contributed by atoms with Crippen LogP contribution < -0.4 is 10.1 Å². The van der Waals surface area contributed by atoms with E-state index in [1.165, 1.54) is 19.2 Å². The summed E-state index contributed by atoms with van der Waals surface area (Å²) in [6.45, 7) is 1.80. The van der Waals surface area contributed by atoms with Gasteiger partial charge in [-0.1, -0.05) is 36.4 Å². The van der Waals surface area contributed by atoms with Crippen LogP contribution in [0.25, 0.3) is 10.8 Å². The van der Waals surface area contributed by atoms with Crippen molar-refractivity contribution in [2.75, 3.05) is 14.2 Å². The molecule has 0 unspecified atom stereocenters. The van der Waals surface area contributed by atoms with Gasteiger partial charge in [-0.3, -0.25) is 4.79 Å². The lowest BCUT2D eigenvalue weighted by atomic mass is 9.96. The molecule has 30 heavy (non-hydrogen) atoms. The van der Waals surface area contributed by atoms with Crippen molar-refractivity contribution in [2.24, 2.45) is 0 Å². The first-order valence-electron chi connectivity index (χ1n) is 9.65. The third-order valence-corrected chi connectivity index (χ3v) is 5.14. The van der Waals surface area contributed by atoms with Crippen molar-refractivity contribution in [3.8, 4) is 11.5 Å². The number of methoxy groups -OCH3 is 2. The van der Waals surface area contributed by atoms with Gasteiger partial charge in [0.25, 0.3) is 0 Å². The van der Waals surface area contributed by atoms with Crippen LogP contribution in [0.4, 0.5) is 0 Å². The van der Waals surface area contributed by atoms with Gasteiger partial charge >= 0.3 is 5.97 Å². The van der Waals surface area contributed by atoms with E-state index in [9.17, 15) is 14.7 Å². The molecule has 6 nitrogen and oxygen atoms in total. The fourth-order valence-corrected chi connectivity index (χ4v) is 3.29. The third kappa shape index (κ3) is 4.89. The molecule has 1 amide bonds. The van der Waals surface area contributed by atoms with Crippen molar-refractivity contribution in [3.63, 3.8) is 0 Å². The number of carbonyl (C=O) groups is 2. The van der Waals surface area contributed by atoms with E-state index in [4.69, 9.17) is 9.47 Å². The summed E-state index contributed by atoms with van der Waals surface area (Å²) in [7, 11) is 2.91. The predicted molar refractivity (Wildman–Crippen MR) is 115 cm³/mol. The molecule has 0 bridgehead atoms. The average molecular weight is 407 g/mol. The van der Waals surface area contributed by atoms with Crippen LogP contribution >= 0.6 is 0 Å². The molecule has 0 aromatic heterocycles. The molecular weight excluding hydrogens is 382 g/mol. The molecule has 0 heterocycles. The van der Waals surface area contributed by atoms with Gasteiger partial charge in [0.15, 0.2) is 0 Å². The zero-order valence-corrected chi connectivity index (χ0v) is 17.2. The number of phenols is 1. The molecule has 3 rings (SSSR count). The van der Waals surface area contributed by atoms with E-state index >= 15 is 0 Å². The van der Waals surface area contributed by atoms with Crippen molar-refractivity contribution >= 4 is 22.6 Å². The molecule has 0 fully saturated rings. The van der Waals surface area contributed by atoms with Crippen molar-refractivity contribution in [2.45, 2.75) is 25.3 Å². The van der Waals surface area contributed by atoms with Crippen molar-refractivity contribution in [1.82, 2.24) is 5.32 Å². The Morgan fingerprint density at radius 2 is 1.63 bits per heavy atom. The molecule has 0 aliphatic carbocycles. The highest BCUT2D eigenvalue weighted by molar-refractivity contribution is 5.90. The maximum atomic E-state index is 12.9. The van der Waals surface area contributed by atoms with E-state index in [-0.39, 0.29) is 18.1 Å². The van der Waals surface area contributed by atoms with Gasteiger partial charge < -0.3 is 19.9 Å². The molecule has 2 N–H and O–H groups in total. The molecular formula is C24H25NO5. The van der Waals surface area contributed by atoms with Gasteiger partial charge in [0.1, 0.15) is 17.5 Å². The normalized spacial score (nSPS) is 12.8. The number of aromatic hydroxyl groups is 1. The zero-order chi connectivity index (χ0) is 21.7. The van der Waals surface area contributed by atoms with Gasteiger partial charge in [0.2, 0.25) is 5.91 Å². The fraction of sp³-hybridized carbons (Fsp3) is 0.250. The Balaban J connectivity index is 1.76. The summed E-state index contributed by atoms with van der Waals surface area (Å²) in [5, 5.41) is 14.2. The van der Waals surface area contributed by atoms with Crippen LogP contribution in [0.15, 0.2) is 60.7 Å². The first-order valence-corrected chi connectivity index (χ1v) is 9.65. The van der Waals surface area contributed by atoms with E-state index in [1.54, 1.807) is 26.2 Å². The number of hydrogen-bond donors (Lipinski definition) is 2. The molecule has 0 radical (unpaired) electrons. The van der Waals surface area contributed by atoms with Gasteiger partial charge in [-0.15, -0.1) is 0 Å². The highest BCUT2D eigenvalue weighted by Gasteiger charge is 2.25. The van der Waals surface area contributed by atoms with E-state index in [0.29, 0.717) is 0 Å². The van der Waals surface area contributed by atoms with Gasteiger partial charge in [0.05, 0.1) is 20.1 Å². The summed E-state index contributed by atoms with van der Waals surface area (Å²) < 4.78 is 10.1. The highest BCUT2D eigenvalue weighted by atomic mass is 16.5. The van der Waals surface area contributed by atoms with E-state index < -0.39 is 17.9 Å². The minimum Gasteiger partial charge on any atom is -0.508 e. The van der Waals surface area contributed by atoms with E-state index in [0.717, 1.165) is 27.6 Å². The zero-order valence-electron chi connectivity index (χ0n) is 17.2. The summed E-state index contributed by atoms with van der Waals surface area (Å²) >= 11 is 0. The van der Waals surface area contributed by atoms with Gasteiger partial charge in [-0.2, -0.15) is 0 Å².